The third kappa shape index (κ3) is 4.60. The summed E-state index contributed by atoms with van der Waals surface area (Å²) < 4.78 is 24.4. The predicted octanol–water partition coefficient (Wildman–Crippen LogP) is -0.980. The van der Waals surface area contributed by atoms with Crippen molar-refractivity contribution in [2.45, 2.75) is 106 Å². The molecule has 4 aliphatic heterocycles. The summed E-state index contributed by atoms with van der Waals surface area (Å²) in [5, 5.41) is 49.9. The standard InChI is InChI=1S/C21H34O9/c1-10(8-22)2-3-11-4-14-15(27-11)6-13(25)21-18(28-14)7-17-16(30-21)5-12(24)20(26)19(9-23)29-17/h2,11-26H,3-9H2,1H3/b10-2+/t11-,12-,13-,14-,15+,16+,17-,18+,19+,20-,21-/m0/s1. The third-order valence-electron chi connectivity index (χ3n) is 6.81. The second-order valence-corrected chi connectivity index (χ2v) is 9.06. The van der Waals surface area contributed by atoms with Gasteiger partial charge in [0.2, 0.25) is 0 Å². The molecule has 0 radical (unpaired) electrons. The number of aliphatic hydroxyl groups is 5. The molecule has 5 N–H and O–H groups in total. The molecule has 0 aromatic rings. The van der Waals surface area contributed by atoms with E-state index in [0.717, 1.165) is 5.57 Å². The van der Waals surface area contributed by atoms with Gasteiger partial charge in [0.1, 0.15) is 18.3 Å². The van der Waals surface area contributed by atoms with Crippen molar-refractivity contribution in [1.82, 2.24) is 0 Å². The van der Waals surface area contributed by atoms with E-state index >= 15 is 0 Å². The maximum Gasteiger partial charge on any atom is 0.110 e. The second kappa shape index (κ2) is 9.48. The lowest BCUT2D eigenvalue weighted by Crippen LogP contribution is -2.53. The molecule has 9 heteroatoms. The summed E-state index contributed by atoms with van der Waals surface area (Å²) in [7, 11) is 0. The van der Waals surface area contributed by atoms with Gasteiger partial charge in [0.05, 0.1) is 62.0 Å². The Bertz CT molecular complexity index is 613. The van der Waals surface area contributed by atoms with E-state index in [2.05, 4.69) is 0 Å². The highest BCUT2D eigenvalue weighted by molar-refractivity contribution is 5.03. The number of hydrogen-bond donors (Lipinski definition) is 5. The molecule has 0 aromatic heterocycles. The van der Waals surface area contributed by atoms with Crippen LogP contribution >= 0.6 is 0 Å². The number of ether oxygens (including phenoxy) is 4. The Morgan fingerprint density at radius 3 is 2.20 bits per heavy atom. The molecule has 0 amide bonds. The van der Waals surface area contributed by atoms with Crippen molar-refractivity contribution < 1.29 is 44.5 Å². The van der Waals surface area contributed by atoms with Crippen molar-refractivity contribution in [1.29, 1.82) is 0 Å². The van der Waals surface area contributed by atoms with Gasteiger partial charge in [-0.15, -0.1) is 0 Å². The Morgan fingerprint density at radius 1 is 0.800 bits per heavy atom. The zero-order valence-corrected chi connectivity index (χ0v) is 17.2. The molecule has 172 valence electrons. The molecule has 4 rings (SSSR count). The SMILES string of the molecule is C/C(=C\C[C@H]1C[C@@H]2O[C@@H]3C[C@@H]4O[C@H](CO)[C@@H](O)[C@@H](O)C[C@H]4O[C@H]3[C@@H](O)C[C@H]2O1)CO. The number of rotatable bonds is 4. The lowest BCUT2D eigenvalue weighted by atomic mass is 9.91. The minimum absolute atomic E-state index is 0.0245. The van der Waals surface area contributed by atoms with E-state index in [4.69, 9.17) is 24.1 Å². The van der Waals surface area contributed by atoms with E-state index in [1.807, 2.05) is 13.0 Å². The van der Waals surface area contributed by atoms with Gasteiger partial charge in [0.15, 0.2) is 0 Å². The van der Waals surface area contributed by atoms with Crippen LogP contribution in [0.5, 0.6) is 0 Å². The first-order valence-electron chi connectivity index (χ1n) is 10.9. The van der Waals surface area contributed by atoms with Crippen molar-refractivity contribution >= 4 is 0 Å². The maximum absolute atomic E-state index is 10.8. The van der Waals surface area contributed by atoms with Gasteiger partial charge in [-0.2, -0.15) is 0 Å². The third-order valence-corrected chi connectivity index (χ3v) is 6.81. The first kappa shape index (κ1) is 22.6. The fourth-order valence-electron chi connectivity index (χ4n) is 5.09. The van der Waals surface area contributed by atoms with Crippen molar-refractivity contribution in [3.8, 4) is 0 Å². The molecular weight excluding hydrogens is 396 g/mol. The van der Waals surface area contributed by atoms with Gasteiger partial charge in [-0.05, 0) is 13.3 Å². The summed E-state index contributed by atoms with van der Waals surface area (Å²) in [4.78, 5) is 0. The Morgan fingerprint density at radius 2 is 1.47 bits per heavy atom. The largest absolute Gasteiger partial charge is 0.394 e. The van der Waals surface area contributed by atoms with Gasteiger partial charge >= 0.3 is 0 Å². The Hall–Kier alpha value is -0.620. The van der Waals surface area contributed by atoms with Crippen molar-refractivity contribution in [2.24, 2.45) is 0 Å². The van der Waals surface area contributed by atoms with Crippen LogP contribution in [0, 0.1) is 0 Å². The van der Waals surface area contributed by atoms with Gasteiger partial charge < -0.3 is 44.5 Å². The summed E-state index contributed by atoms with van der Waals surface area (Å²) in [5.41, 5.74) is 0.895. The molecule has 4 fully saturated rings. The molecule has 4 aliphatic rings. The molecule has 11 atom stereocenters. The van der Waals surface area contributed by atoms with Crippen LogP contribution < -0.4 is 0 Å². The van der Waals surface area contributed by atoms with Crippen LogP contribution in [0.25, 0.3) is 0 Å². The summed E-state index contributed by atoms with van der Waals surface area (Å²) in [6.07, 6.45) is -1.92. The van der Waals surface area contributed by atoms with Crippen LogP contribution in [0.2, 0.25) is 0 Å². The van der Waals surface area contributed by atoms with E-state index in [0.29, 0.717) is 25.7 Å². The molecule has 9 nitrogen and oxygen atoms in total. The van der Waals surface area contributed by atoms with Crippen LogP contribution in [0.1, 0.15) is 39.0 Å². The minimum atomic E-state index is -1.19. The second-order valence-electron chi connectivity index (χ2n) is 9.06. The summed E-state index contributed by atoms with van der Waals surface area (Å²) >= 11 is 0. The quantitative estimate of drug-likeness (QED) is 0.356. The predicted molar refractivity (Wildman–Crippen MR) is 104 cm³/mol. The summed E-state index contributed by atoms with van der Waals surface area (Å²) in [5.74, 6) is 0. The number of hydrogen-bond acceptors (Lipinski definition) is 9. The molecule has 0 unspecified atom stereocenters. The molecule has 0 bridgehead atoms. The molecule has 4 heterocycles. The van der Waals surface area contributed by atoms with Crippen molar-refractivity contribution in [2.75, 3.05) is 13.2 Å². The van der Waals surface area contributed by atoms with Crippen LogP contribution in [-0.4, -0.2) is 106 Å². The first-order valence-corrected chi connectivity index (χ1v) is 10.9. The highest BCUT2D eigenvalue weighted by Crippen LogP contribution is 2.40. The lowest BCUT2D eigenvalue weighted by molar-refractivity contribution is -0.229. The van der Waals surface area contributed by atoms with E-state index < -0.39 is 55.4 Å². The van der Waals surface area contributed by atoms with Gasteiger partial charge in [0.25, 0.3) is 0 Å². The minimum Gasteiger partial charge on any atom is -0.394 e. The smallest absolute Gasteiger partial charge is 0.110 e. The zero-order valence-electron chi connectivity index (χ0n) is 17.2. The summed E-state index contributed by atoms with van der Waals surface area (Å²) in [6.45, 7) is 1.49. The number of fused-ring (bicyclic) bond motifs is 3. The van der Waals surface area contributed by atoms with Gasteiger partial charge in [-0.3, -0.25) is 0 Å². The fraction of sp³-hybridized carbons (Fsp3) is 0.905. The van der Waals surface area contributed by atoms with Crippen LogP contribution in [0.3, 0.4) is 0 Å². The number of aliphatic hydroxyl groups excluding tert-OH is 5. The van der Waals surface area contributed by atoms with Crippen LogP contribution in [0.15, 0.2) is 11.6 Å². The van der Waals surface area contributed by atoms with Crippen LogP contribution in [0.4, 0.5) is 0 Å². The first-order chi connectivity index (χ1) is 14.4. The molecular formula is C21H34O9. The normalized spacial score (nSPS) is 49.5. The highest BCUT2D eigenvalue weighted by atomic mass is 16.6. The monoisotopic (exact) mass is 430 g/mol. The van der Waals surface area contributed by atoms with Gasteiger partial charge in [-0.25, -0.2) is 0 Å². The maximum atomic E-state index is 10.8. The lowest BCUT2D eigenvalue weighted by Gasteiger charge is -2.42. The summed E-state index contributed by atoms with van der Waals surface area (Å²) in [6, 6.07) is 0. The Labute approximate surface area is 176 Å². The van der Waals surface area contributed by atoms with E-state index in [1.165, 1.54) is 0 Å². The van der Waals surface area contributed by atoms with E-state index in [1.54, 1.807) is 0 Å². The average molecular weight is 430 g/mol. The molecule has 30 heavy (non-hydrogen) atoms. The van der Waals surface area contributed by atoms with E-state index in [-0.39, 0.29) is 31.3 Å². The Kier molecular flexibility index (Phi) is 7.13. The fourth-order valence-corrected chi connectivity index (χ4v) is 5.09. The topological polar surface area (TPSA) is 138 Å². The van der Waals surface area contributed by atoms with E-state index in [9.17, 15) is 20.4 Å². The average Bonchev–Trinajstić information content (AvgIpc) is 2.99. The van der Waals surface area contributed by atoms with Gasteiger partial charge in [0, 0.05) is 25.7 Å². The van der Waals surface area contributed by atoms with Crippen LogP contribution in [-0.2, 0) is 18.9 Å². The molecule has 0 aliphatic carbocycles. The van der Waals surface area contributed by atoms with Crippen molar-refractivity contribution in [3.05, 3.63) is 11.6 Å². The highest BCUT2D eigenvalue weighted by Gasteiger charge is 2.52. The van der Waals surface area contributed by atoms with Crippen molar-refractivity contribution in [3.63, 3.8) is 0 Å². The molecule has 0 saturated carbocycles. The molecule has 0 aromatic carbocycles. The zero-order chi connectivity index (χ0) is 21.4. The van der Waals surface area contributed by atoms with Gasteiger partial charge in [-0.1, -0.05) is 11.6 Å². The Balaban J connectivity index is 1.44. The molecule has 4 saturated heterocycles. The molecule has 0 spiro atoms.